The van der Waals surface area contributed by atoms with E-state index in [1.807, 2.05) is 0 Å². The average Bonchev–Trinajstić information content (AvgIpc) is 0.918. The Bertz CT molecular complexity index is 6.04. The van der Waals surface area contributed by atoms with Crippen molar-refractivity contribution in [3.63, 3.8) is 0 Å². The van der Waals surface area contributed by atoms with Crippen LogP contribution in [0.15, 0.2) is 0 Å². The maximum Gasteiger partial charge on any atom is 0 e. The van der Waals surface area contributed by atoms with Crippen molar-refractivity contribution >= 4 is 0 Å². The second-order valence-corrected chi connectivity index (χ2v) is 0.707. The Kier molecular flexibility index (Phi) is 195. The molecule has 0 rings (SSSR count). The van der Waals surface area contributed by atoms with Gasteiger partial charge in [0.25, 0.3) is 0 Å². The fourth-order valence-corrected chi connectivity index (χ4v) is 0. The van der Waals surface area contributed by atoms with Crippen LogP contribution in [0.2, 0.25) is 0 Å². The number of hydrogen-bond donors (Lipinski definition) is 0. The molecule has 0 unspecified atom stereocenters. The van der Waals surface area contributed by atoms with Gasteiger partial charge in [-0.05, 0) is 0 Å². The summed E-state index contributed by atoms with van der Waals surface area (Å²) >= 11 is 0. The molecule has 0 N–H and O–H groups in total. The molecule has 0 atom stereocenters. The summed E-state index contributed by atoms with van der Waals surface area (Å²) in [7, 11) is 0. The normalized spacial score (nSPS) is 2.57. The molecule has 0 aliphatic heterocycles. The molecule has 2 radical (unpaired) electrons. The van der Waals surface area contributed by atoms with Crippen LogP contribution in [-0.2, 0) is 0 Å². The summed E-state index contributed by atoms with van der Waals surface area (Å²) in [6.45, 7) is 4.25. The second-order valence-electron chi connectivity index (χ2n) is 0.707. The van der Waals surface area contributed by atoms with Crippen molar-refractivity contribution in [2.45, 2.75) is 20.3 Å². The molecule has 0 amide bonds. The third kappa shape index (κ3) is 60.0. The van der Waals surface area contributed by atoms with Crippen LogP contribution in [0.3, 0.4) is 0 Å². The van der Waals surface area contributed by atoms with Crippen LogP contribution in [0.1, 0.15) is 20.3 Å². The number of hydrogen-bond acceptors (Lipinski definition) is 0. The van der Waals surface area contributed by atoms with Crippen molar-refractivity contribution in [2.24, 2.45) is 0 Å². The van der Waals surface area contributed by atoms with Crippen molar-refractivity contribution in [2.75, 3.05) is 0 Å². The molecule has 0 saturated carbocycles. The first-order chi connectivity index (χ1) is 1.41. The predicted octanol–water partition coefficient (Wildman–Crippen LogP) is 2.32. The van der Waals surface area contributed by atoms with Gasteiger partial charge in [0, 0.05) is 71.2 Å². The van der Waals surface area contributed by atoms with Gasteiger partial charge < -0.3 is 14.9 Å². The Morgan fingerprint density at radius 2 is 0.857 bits per heavy atom. The van der Waals surface area contributed by atoms with Gasteiger partial charge in [-0.2, -0.15) is 0 Å². The molecule has 0 aliphatic rings. The first-order valence-electron chi connectivity index (χ1n) is 1.41. The molecule has 7 heavy (non-hydrogen) atoms. The predicted molar refractivity (Wildman–Crippen MR) is 28.8 cm³/mol. The summed E-state index contributed by atoms with van der Waals surface area (Å²) in [4.78, 5) is 0. The van der Waals surface area contributed by atoms with E-state index < -0.39 is 0 Å². The van der Waals surface area contributed by atoms with E-state index >= 15 is 0 Å². The van der Waals surface area contributed by atoms with E-state index in [0.717, 1.165) is 0 Å². The minimum Gasteiger partial charge on any atom is -0.358 e. The second kappa shape index (κ2) is 39.9. The summed E-state index contributed by atoms with van der Waals surface area (Å²) in [5.74, 6) is 0. The maximum atomic E-state index is 2.12. The molecule has 0 bridgehead atoms. The standard InChI is InChI=1S/C3H8.2CH3.2La/c1-3-2;;;;/h3H2,1-2H3;2*1H3;;/q;2*-1;;. The van der Waals surface area contributed by atoms with Gasteiger partial charge in [0.2, 0.25) is 0 Å². The fraction of sp³-hybridized carbons (Fsp3) is 0.600. The molecule has 0 aromatic heterocycles. The molecule has 0 nitrogen and oxygen atoms in total. The minimum atomic E-state index is 0. The third-order valence-corrected chi connectivity index (χ3v) is 0. The van der Waals surface area contributed by atoms with Crippen LogP contribution in [0.5, 0.6) is 0 Å². The van der Waals surface area contributed by atoms with E-state index in [1.54, 1.807) is 0 Å². The van der Waals surface area contributed by atoms with E-state index in [4.69, 9.17) is 0 Å². The first-order valence-corrected chi connectivity index (χ1v) is 1.41. The quantitative estimate of drug-likeness (QED) is 0.587. The first kappa shape index (κ1) is 34.3. The van der Waals surface area contributed by atoms with E-state index in [9.17, 15) is 0 Å². The van der Waals surface area contributed by atoms with Gasteiger partial charge in [0.15, 0.2) is 0 Å². The van der Waals surface area contributed by atoms with Crippen LogP contribution in [-0.4, -0.2) is 0 Å². The molecule has 0 heterocycles. The number of rotatable bonds is 0. The van der Waals surface area contributed by atoms with Crippen molar-refractivity contribution < 1.29 is 71.2 Å². The van der Waals surface area contributed by atoms with Crippen molar-refractivity contribution in [3.05, 3.63) is 14.9 Å². The van der Waals surface area contributed by atoms with Gasteiger partial charge in [0.1, 0.15) is 0 Å². The van der Waals surface area contributed by atoms with E-state index in [1.165, 1.54) is 6.42 Å². The van der Waals surface area contributed by atoms with Gasteiger partial charge in [-0.1, -0.05) is 20.3 Å². The summed E-state index contributed by atoms with van der Waals surface area (Å²) in [5, 5.41) is 0. The fourth-order valence-electron chi connectivity index (χ4n) is 0. The Morgan fingerprint density at radius 3 is 0.857 bits per heavy atom. The summed E-state index contributed by atoms with van der Waals surface area (Å²) in [5.41, 5.74) is 0. The van der Waals surface area contributed by atoms with E-state index in [0.29, 0.717) is 0 Å². The molecular formula is C5H14La2-2. The van der Waals surface area contributed by atoms with E-state index in [-0.39, 0.29) is 86.1 Å². The van der Waals surface area contributed by atoms with Crippen molar-refractivity contribution in [3.8, 4) is 0 Å². The smallest absolute Gasteiger partial charge is 0 e. The molecule has 0 spiro atoms. The third-order valence-electron chi connectivity index (χ3n) is 0. The van der Waals surface area contributed by atoms with Crippen LogP contribution >= 0.6 is 0 Å². The largest absolute Gasteiger partial charge is 0.358 e. The van der Waals surface area contributed by atoms with Crippen molar-refractivity contribution in [1.29, 1.82) is 0 Å². The summed E-state index contributed by atoms with van der Waals surface area (Å²) in [6, 6.07) is 0. The Hall–Kier alpha value is 2.39. The zero-order valence-electron chi connectivity index (χ0n) is 5.86. The molecule has 0 aromatic carbocycles. The Morgan fingerprint density at radius 1 is 0.857 bits per heavy atom. The van der Waals surface area contributed by atoms with Gasteiger partial charge in [-0.3, -0.25) is 0 Å². The molecule has 2 heteroatoms. The van der Waals surface area contributed by atoms with Crippen LogP contribution < -0.4 is 0 Å². The summed E-state index contributed by atoms with van der Waals surface area (Å²) < 4.78 is 0. The van der Waals surface area contributed by atoms with Crippen LogP contribution in [0, 0.1) is 86.1 Å². The molecule has 0 fully saturated rings. The Labute approximate surface area is 104 Å². The van der Waals surface area contributed by atoms with Crippen LogP contribution in [0.25, 0.3) is 0 Å². The topological polar surface area (TPSA) is 0 Å². The van der Waals surface area contributed by atoms with Gasteiger partial charge >= 0.3 is 0 Å². The van der Waals surface area contributed by atoms with Gasteiger partial charge in [0.05, 0.1) is 0 Å². The average molecular weight is 352 g/mol. The molecular weight excluding hydrogens is 338 g/mol. The zero-order valence-corrected chi connectivity index (χ0v) is 13.1. The van der Waals surface area contributed by atoms with Gasteiger partial charge in [-0.25, -0.2) is 0 Å². The molecule has 0 saturated heterocycles. The molecule has 0 aromatic rings. The molecule has 0 aliphatic carbocycles. The zero-order chi connectivity index (χ0) is 2.71. The monoisotopic (exact) mass is 352 g/mol. The van der Waals surface area contributed by atoms with E-state index in [2.05, 4.69) is 13.8 Å². The SMILES string of the molecule is CCC.[CH3-].[CH3-].[La].[La]. The summed E-state index contributed by atoms with van der Waals surface area (Å²) in [6.07, 6.45) is 1.25. The van der Waals surface area contributed by atoms with Crippen molar-refractivity contribution in [1.82, 2.24) is 0 Å². The van der Waals surface area contributed by atoms with Crippen LogP contribution in [0.4, 0.5) is 0 Å². The molecule has 42 valence electrons. The van der Waals surface area contributed by atoms with Gasteiger partial charge in [-0.15, -0.1) is 0 Å². The Balaban J connectivity index is -0.00000000333. The minimum absolute atomic E-state index is 0. The maximum absolute atomic E-state index is 2.12.